The number of aromatic amines is 1. The van der Waals surface area contributed by atoms with E-state index in [0.29, 0.717) is 6.17 Å². The maximum atomic E-state index is 5.52. The first-order valence-corrected chi connectivity index (χ1v) is 10.5. The summed E-state index contributed by atoms with van der Waals surface area (Å²) in [4.78, 5) is 5.92. The zero-order chi connectivity index (χ0) is 17.8. The Bertz CT molecular complexity index is 856. The van der Waals surface area contributed by atoms with Crippen LogP contribution in [0.25, 0.3) is 10.9 Å². The predicted octanol–water partition coefficient (Wildman–Crippen LogP) is 4.57. The van der Waals surface area contributed by atoms with E-state index in [1.54, 1.807) is 11.3 Å². The molecule has 1 atom stereocenters. The summed E-state index contributed by atoms with van der Waals surface area (Å²) in [6, 6.07) is 12.6. The van der Waals surface area contributed by atoms with Crippen LogP contribution in [0.15, 0.2) is 48.0 Å². The summed E-state index contributed by atoms with van der Waals surface area (Å²) in [5.41, 5.74) is 2.61. The minimum absolute atomic E-state index is 0.314. The minimum atomic E-state index is 0.314. The molecule has 0 amide bonds. The average molecular weight is 385 g/mol. The summed E-state index contributed by atoms with van der Waals surface area (Å²) in [6.45, 7) is 2.17. The Morgan fingerprint density at radius 3 is 3.04 bits per heavy atom. The van der Waals surface area contributed by atoms with Crippen LogP contribution in [0.3, 0.4) is 0 Å². The van der Waals surface area contributed by atoms with Crippen molar-refractivity contribution in [1.29, 1.82) is 0 Å². The van der Waals surface area contributed by atoms with E-state index in [-0.39, 0.29) is 0 Å². The Balaban J connectivity index is 1.37. The number of nitrogens with zero attached hydrogens (tertiary/aromatic N) is 1. The monoisotopic (exact) mass is 384 g/mol. The number of benzene rings is 1. The van der Waals surface area contributed by atoms with Gasteiger partial charge in [-0.2, -0.15) is 0 Å². The van der Waals surface area contributed by atoms with Gasteiger partial charge in [0.05, 0.1) is 11.2 Å². The number of nitrogens with one attached hydrogen (secondary N) is 3. The van der Waals surface area contributed by atoms with E-state index < -0.39 is 0 Å². The van der Waals surface area contributed by atoms with E-state index in [2.05, 4.69) is 56.4 Å². The molecule has 1 aliphatic heterocycles. The zero-order valence-corrected chi connectivity index (χ0v) is 16.3. The summed E-state index contributed by atoms with van der Waals surface area (Å²) in [7, 11) is 0. The molecule has 6 heteroatoms. The van der Waals surface area contributed by atoms with Gasteiger partial charge in [-0.1, -0.05) is 18.2 Å². The Morgan fingerprint density at radius 2 is 2.15 bits per heavy atom. The molecule has 1 aliphatic rings. The molecule has 4 rings (SSSR count). The van der Waals surface area contributed by atoms with Crippen LogP contribution in [-0.2, 0) is 6.42 Å². The lowest BCUT2D eigenvalue weighted by molar-refractivity contribution is 0.139. The molecule has 0 radical (unpaired) electrons. The summed E-state index contributed by atoms with van der Waals surface area (Å²) >= 11 is 7.18. The van der Waals surface area contributed by atoms with Crippen LogP contribution in [0.5, 0.6) is 0 Å². The molecule has 0 spiro atoms. The fourth-order valence-corrected chi connectivity index (χ4v) is 4.61. The van der Waals surface area contributed by atoms with E-state index in [1.807, 2.05) is 12.1 Å². The molecule has 26 heavy (non-hydrogen) atoms. The smallest absolute Gasteiger partial charge is 0.172 e. The standard InChI is InChI=1S/C20H24N4S2/c25-20(23-19-9-5-13-26-19)22-18-8-3-4-11-24(18)12-10-15-14-21-17-7-2-1-6-16(15)17/h1-2,5-7,9,13-14,18,21H,3-4,8,10-12H2,(H2,22,23,25). The molecule has 1 unspecified atom stereocenters. The van der Waals surface area contributed by atoms with Crippen LogP contribution in [0.4, 0.5) is 5.00 Å². The third kappa shape index (κ3) is 4.09. The van der Waals surface area contributed by atoms with Gasteiger partial charge in [0.1, 0.15) is 0 Å². The molecule has 0 bridgehead atoms. The topological polar surface area (TPSA) is 43.1 Å². The van der Waals surface area contributed by atoms with Crippen molar-refractivity contribution < 1.29 is 0 Å². The first-order valence-electron chi connectivity index (χ1n) is 9.20. The molecule has 1 fully saturated rings. The third-order valence-corrected chi connectivity index (χ3v) is 6.02. The highest BCUT2D eigenvalue weighted by Crippen LogP contribution is 2.21. The first kappa shape index (κ1) is 17.5. The molecule has 0 aliphatic carbocycles. The number of likely N-dealkylation sites (tertiary alicyclic amines) is 1. The van der Waals surface area contributed by atoms with Crippen molar-refractivity contribution in [3.63, 3.8) is 0 Å². The number of aromatic nitrogens is 1. The van der Waals surface area contributed by atoms with Crippen molar-refractivity contribution in [3.8, 4) is 0 Å². The SMILES string of the molecule is S=C(Nc1cccs1)NC1CCCCN1CCc1c[nH]c2ccccc12. The Kier molecular flexibility index (Phi) is 5.53. The second-order valence-corrected chi connectivity index (χ2v) is 8.09. The van der Waals surface area contributed by atoms with Crippen LogP contribution < -0.4 is 10.6 Å². The van der Waals surface area contributed by atoms with Gasteiger partial charge in [-0.3, -0.25) is 4.90 Å². The fraction of sp³-hybridized carbons (Fsp3) is 0.350. The zero-order valence-electron chi connectivity index (χ0n) is 14.7. The van der Waals surface area contributed by atoms with Crippen molar-refractivity contribution >= 4 is 44.6 Å². The van der Waals surface area contributed by atoms with Crippen molar-refractivity contribution in [3.05, 3.63) is 53.5 Å². The lowest BCUT2D eigenvalue weighted by Crippen LogP contribution is -2.52. The fourth-order valence-electron chi connectivity index (χ4n) is 3.67. The molecular weight excluding hydrogens is 360 g/mol. The predicted molar refractivity (Wildman–Crippen MR) is 115 cm³/mol. The second-order valence-electron chi connectivity index (χ2n) is 6.73. The van der Waals surface area contributed by atoms with Crippen molar-refractivity contribution in [2.24, 2.45) is 0 Å². The summed E-state index contributed by atoms with van der Waals surface area (Å²) < 4.78 is 0. The highest BCUT2D eigenvalue weighted by molar-refractivity contribution is 7.80. The maximum Gasteiger partial charge on any atom is 0.172 e. The summed E-state index contributed by atoms with van der Waals surface area (Å²) in [6.07, 6.45) is 7.17. The van der Waals surface area contributed by atoms with Crippen LogP contribution in [0, 0.1) is 0 Å². The molecule has 4 nitrogen and oxygen atoms in total. The number of fused-ring (bicyclic) bond motifs is 1. The molecule has 1 saturated heterocycles. The number of piperidine rings is 1. The Morgan fingerprint density at radius 1 is 1.23 bits per heavy atom. The summed E-state index contributed by atoms with van der Waals surface area (Å²) in [5, 5.41) is 12.0. The van der Waals surface area contributed by atoms with Crippen LogP contribution in [0.2, 0.25) is 0 Å². The normalized spacial score (nSPS) is 18.1. The number of anilines is 1. The number of rotatable bonds is 5. The maximum absolute atomic E-state index is 5.52. The van der Waals surface area contributed by atoms with Crippen molar-refractivity contribution in [2.75, 3.05) is 18.4 Å². The van der Waals surface area contributed by atoms with Gasteiger partial charge in [0.25, 0.3) is 0 Å². The van der Waals surface area contributed by atoms with E-state index >= 15 is 0 Å². The summed E-state index contributed by atoms with van der Waals surface area (Å²) in [5.74, 6) is 0. The highest BCUT2D eigenvalue weighted by Gasteiger charge is 2.23. The number of thiophene rings is 1. The number of para-hydroxylation sites is 1. The number of hydrogen-bond acceptors (Lipinski definition) is 3. The molecule has 136 valence electrons. The van der Waals surface area contributed by atoms with Gasteiger partial charge in [-0.05, 0) is 67.0 Å². The highest BCUT2D eigenvalue weighted by atomic mass is 32.1. The van der Waals surface area contributed by atoms with Gasteiger partial charge in [0.2, 0.25) is 0 Å². The molecule has 2 aromatic heterocycles. The second kappa shape index (κ2) is 8.20. The van der Waals surface area contributed by atoms with Gasteiger partial charge in [-0.15, -0.1) is 11.3 Å². The number of thiocarbonyl (C=S) groups is 1. The number of hydrogen-bond donors (Lipinski definition) is 3. The van der Waals surface area contributed by atoms with Gasteiger partial charge in [0.15, 0.2) is 5.11 Å². The quantitative estimate of drug-likeness (QED) is 0.564. The lowest BCUT2D eigenvalue weighted by Gasteiger charge is -2.36. The largest absolute Gasteiger partial charge is 0.361 e. The minimum Gasteiger partial charge on any atom is -0.361 e. The molecule has 3 heterocycles. The Labute approximate surface area is 163 Å². The lowest BCUT2D eigenvalue weighted by atomic mass is 10.1. The van der Waals surface area contributed by atoms with E-state index in [4.69, 9.17) is 12.2 Å². The third-order valence-electron chi connectivity index (χ3n) is 5.01. The number of H-pyrrole nitrogens is 1. The van der Waals surface area contributed by atoms with Gasteiger partial charge < -0.3 is 15.6 Å². The molecule has 0 saturated carbocycles. The molecule has 1 aromatic carbocycles. The van der Waals surface area contributed by atoms with E-state index in [0.717, 1.165) is 36.0 Å². The molecule has 3 aromatic rings. The van der Waals surface area contributed by atoms with Gasteiger partial charge in [-0.25, -0.2) is 0 Å². The van der Waals surface area contributed by atoms with Gasteiger partial charge >= 0.3 is 0 Å². The van der Waals surface area contributed by atoms with Crippen LogP contribution in [-0.4, -0.2) is 34.3 Å². The van der Waals surface area contributed by atoms with Crippen molar-refractivity contribution in [2.45, 2.75) is 31.8 Å². The molecule has 3 N–H and O–H groups in total. The first-order chi connectivity index (χ1) is 12.8. The Hall–Kier alpha value is -1.89. The van der Waals surface area contributed by atoms with Gasteiger partial charge in [0, 0.05) is 30.2 Å². The van der Waals surface area contributed by atoms with Crippen LogP contribution >= 0.6 is 23.6 Å². The van der Waals surface area contributed by atoms with Crippen molar-refractivity contribution in [1.82, 2.24) is 15.2 Å². The van der Waals surface area contributed by atoms with E-state index in [9.17, 15) is 0 Å². The average Bonchev–Trinajstić information content (AvgIpc) is 3.31. The van der Waals surface area contributed by atoms with Crippen LogP contribution in [0.1, 0.15) is 24.8 Å². The van der Waals surface area contributed by atoms with E-state index in [1.165, 1.54) is 29.3 Å². The molecular formula is C20H24N4S2.